The molecule has 0 fully saturated rings. The summed E-state index contributed by atoms with van der Waals surface area (Å²) in [6.45, 7) is 3.33. The van der Waals surface area contributed by atoms with Gasteiger partial charge in [0.15, 0.2) is 0 Å². The van der Waals surface area contributed by atoms with Crippen molar-refractivity contribution in [3.05, 3.63) is 56.6 Å². The average Bonchev–Trinajstić information content (AvgIpc) is 2.54. The summed E-state index contributed by atoms with van der Waals surface area (Å²) in [5.41, 5.74) is 10.2. The third kappa shape index (κ3) is 2.49. The first-order chi connectivity index (χ1) is 11.4. The first-order valence-corrected chi connectivity index (χ1v) is 7.71. The number of aryl methyl sites for hydroxylation is 1. The van der Waals surface area contributed by atoms with E-state index in [9.17, 15) is 15.4 Å². The number of nitrogens with zero attached hydrogens (tertiary/aromatic N) is 3. The third-order valence-corrected chi connectivity index (χ3v) is 4.54. The second-order valence-electron chi connectivity index (χ2n) is 6.19. The van der Waals surface area contributed by atoms with E-state index in [2.05, 4.69) is 11.0 Å². The standard InChI is InChI=1S/C18H18N4O2/c1-11-3-5-12(6-4-11)16-15-10-21(2)8-7-13(15)14(9-19)17(20)18(16)22(23)24/h3-6H,7-8,10,20H2,1-2H3. The van der Waals surface area contributed by atoms with Gasteiger partial charge in [-0.2, -0.15) is 5.26 Å². The van der Waals surface area contributed by atoms with Crippen molar-refractivity contribution in [2.24, 2.45) is 0 Å². The molecule has 2 aromatic rings. The van der Waals surface area contributed by atoms with Crippen LogP contribution in [0, 0.1) is 28.4 Å². The monoisotopic (exact) mass is 322 g/mol. The second-order valence-corrected chi connectivity index (χ2v) is 6.19. The highest BCUT2D eigenvalue weighted by molar-refractivity contribution is 5.89. The minimum Gasteiger partial charge on any atom is -0.392 e. The van der Waals surface area contributed by atoms with Crippen LogP contribution in [-0.4, -0.2) is 23.4 Å². The average molecular weight is 322 g/mol. The summed E-state index contributed by atoms with van der Waals surface area (Å²) in [6.07, 6.45) is 0.662. The number of nitro benzene ring substituents is 1. The van der Waals surface area contributed by atoms with Crippen molar-refractivity contribution >= 4 is 11.4 Å². The Hall–Kier alpha value is -2.91. The lowest BCUT2D eigenvalue weighted by atomic mass is 9.85. The van der Waals surface area contributed by atoms with Crippen molar-refractivity contribution in [3.8, 4) is 17.2 Å². The lowest BCUT2D eigenvalue weighted by Gasteiger charge is -2.28. The van der Waals surface area contributed by atoms with Gasteiger partial charge in [-0.05, 0) is 37.1 Å². The van der Waals surface area contributed by atoms with Gasteiger partial charge in [-0.3, -0.25) is 10.1 Å². The lowest BCUT2D eigenvalue weighted by molar-refractivity contribution is -0.383. The molecule has 0 aliphatic carbocycles. The minimum absolute atomic E-state index is 0.0265. The number of nitrogens with two attached hydrogens (primary N) is 1. The Bertz CT molecular complexity index is 866. The Balaban J connectivity index is 2.41. The van der Waals surface area contributed by atoms with Crippen molar-refractivity contribution in [1.29, 1.82) is 5.26 Å². The second kappa shape index (κ2) is 5.95. The number of fused-ring (bicyclic) bond motifs is 1. The maximum absolute atomic E-state index is 11.7. The fourth-order valence-corrected chi connectivity index (χ4v) is 3.31. The summed E-state index contributed by atoms with van der Waals surface area (Å²) in [5, 5.41) is 21.2. The van der Waals surface area contributed by atoms with E-state index in [0.29, 0.717) is 18.5 Å². The SMILES string of the molecule is Cc1ccc(-c2c3c(c(C#N)c(N)c2[N+](=O)[O-])CCN(C)C3)cc1. The summed E-state index contributed by atoms with van der Waals surface area (Å²) in [5.74, 6) is 0. The van der Waals surface area contributed by atoms with Crippen LogP contribution >= 0.6 is 0 Å². The molecule has 2 N–H and O–H groups in total. The molecule has 1 aliphatic rings. The molecule has 6 heteroatoms. The maximum atomic E-state index is 11.7. The van der Waals surface area contributed by atoms with Crippen LogP contribution in [0.1, 0.15) is 22.3 Å². The molecule has 0 spiro atoms. The number of hydrogen-bond donors (Lipinski definition) is 1. The van der Waals surface area contributed by atoms with Crippen LogP contribution in [0.25, 0.3) is 11.1 Å². The molecule has 0 radical (unpaired) electrons. The molecule has 2 aromatic carbocycles. The van der Waals surface area contributed by atoms with Gasteiger partial charge in [0.2, 0.25) is 0 Å². The fourth-order valence-electron chi connectivity index (χ4n) is 3.31. The number of benzene rings is 2. The zero-order chi connectivity index (χ0) is 17.4. The Morgan fingerprint density at radius 3 is 2.54 bits per heavy atom. The van der Waals surface area contributed by atoms with Gasteiger partial charge in [-0.25, -0.2) is 0 Å². The van der Waals surface area contributed by atoms with Crippen LogP contribution in [0.5, 0.6) is 0 Å². The predicted molar refractivity (Wildman–Crippen MR) is 92.4 cm³/mol. The van der Waals surface area contributed by atoms with Crippen LogP contribution in [0.15, 0.2) is 24.3 Å². The van der Waals surface area contributed by atoms with Crippen molar-refractivity contribution in [2.45, 2.75) is 19.9 Å². The van der Waals surface area contributed by atoms with E-state index in [4.69, 9.17) is 5.73 Å². The van der Waals surface area contributed by atoms with E-state index in [1.54, 1.807) is 0 Å². The van der Waals surface area contributed by atoms with Gasteiger partial charge < -0.3 is 10.6 Å². The Kier molecular flexibility index (Phi) is 3.96. The summed E-state index contributed by atoms with van der Waals surface area (Å²) < 4.78 is 0. The van der Waals surface area contributed by atoms with Crippen LogP contribution in [0.3, 0.4) is 0 Å². The number of anilines is 1. The number of nitriles is 1. The summed E-state index contributed by atoms with van der Waals surface area (Å²) in [7, 11) is 1.97. The fraction of sp³-hybridized carbons (Fsp3) is 0.278. The molecular formula is C18H18N4O2. The third-order valence-electron chi connectivity index (χ3n) is 4.54. The smallest absolute Gasteiger partial charge is 0.301 e. The normalized spacial score (nSPS) is 14.0. The van der Waals surface area contributed by atoms with Gasteiger partial charge in [-0.15, -0.1) is 0 Å². The predicted octanol–water partition coefficient (Wildman–Crippen LogP) is 3.01. The first kappa shape index (κ1) is 16.0. The molecule has 0 saturated heterocycles. The molecule has 0 amide bonds. The van der Waals surface area contributed by atoms with Crippen molar-refractivity contribution < 1.29 is 4.92 Å². The molecule has 6 nitrogen and oxygen atoms in total. The molecule has 0 saturated carbocycles. The number of nitrogen functional groups attached to an aromatic ring is 1. The zero-order valence-electron chi connectivity index (χ0n) is 13.7. The molecule has 0 atom stereocenters. The molecule has 122 valence electrons. The number of nitro groups is 1. The van der Waals surface area contributed by atoms with Gasteiger partial charge in [0.05, 0.1) is 16.1 Å². The van der Waals surface area contributed by atoms with Crippen LogP contribution in [-0.2, 0) is 13.0 Å². The van der Waals surface area contributed by atoms with E-state index in [-0.39, 0.29) is 16.9 Å². The largest absolute Gasteiger partial charge is 0.392 e. The van der Waals surface area contributed by atoms with Crippen molar-refractivity contribution in [3.63, 3.8) is 0 Å². The molecule has 0 aromatic heterocycles. The highest BCUT2D eigenvalue weighted by Crippen LogP contribution is 2.44. The first-order valence-electron chi connectivity index (χ1n) is 7.71. The molecule has 3 rings (SSSR count). The number of likely N-dealkylation sites (N-methyl/N-ethyl adjacent to an activating group) is 1. The quantitative estimate of drug-likeness (QED) is 0.521. The van der Waals surface area contributed by atoms with Crippen LogP contribution < -0.4 is 5.73 Å². The molecule has 0 unspecified atom stereocenters. The van der Waals surface area contributed by atoms with Gasteiger partial charge in [0.1, 0.15) is 11.8 Å². The highest BCUT2D eigenvalue weighted by atomic mass is 16.6. The van der Waals surface area contributed by atoms with E-state index >= 15 is 0 Å². The van der Waals surface area contributed by atoms with Gasteiger partial charge in [0, 0.05) is 13.1 Å². The van der Waals surface area contributed by atoms with Gasteiger partial charge in [-0.1, -0.05) is 29.8 Å². The van der Waals surface area contributed by atoms with E-state index in [1.165, 1.54) is 0 Å². The molecule has 1 heterocycles. The summed E-state index contributed by atoms with van der Waals surface area (Å²) >= 11 is 0. The minimum atomic E-state index is -0.472. The van der Waals surface area contributed by atoms with E-state index in [0.717, 1.165) is 28.8 Å². The van der Waals surface area contributed by atoms with Crippen molar-refractivity contribution in [1.82, 2.24) is 4.90 Å². The molecule has 1 aliphatic heterocycles. The molecular weight excluding hydrogens is 304 g/mol. The number of hydrogen-bond acceptors (Lipinski definition) is 5. The van der Waals surface area contributed by atoms with Gasteiger partial charge in [0.25, 0.3) is 0 Å². The summed E-state index contributed by atoms with van der Waals surface area (Å²) in [4.78, 5) is 13.3. The molecule has 24 heavy (non-hydrogen) atoms. The lowest BCUT2D eigenvalue weighted by Crippen LogP contribution is -2.28. The maximum Gasteiger partial charge on any atom is 0.301 e. The Morgan fingerprint density at radius 2 is 1.96 bits per heavy atom. The molecule has 0 bridgehead atoms. The Morgan fingerprint density at radius 1 is 1.29 bits per heavy atom. The van der Waals surface area contributed by atoms with Crippen LogP contribution in [0.4, 0.5) is 11.4 Å². The highest BCUT2D eigenvalue weighted by Gasteiger charge is 2.32. The summed E-state index contributed by atoms with van der Waals surface area (Å²) in [6, 6.07) is 9.67. The number of rotatable bonds is 2. The zero-order valence-corrected chi connectivity index (χ0v) is 13.7. The Labute approximate surface area is 140 Å². The van der Waals surface area contributed by atoms with E-state index in [1.807, 2.05) is 38.2 Å². The van der Waals surface area contributed by atoms with Crippen LogP contribution in [0.2, 0.25) is 0 Å². The van der Waals surface area contributed by atoms with E-state index < -0.39 is 4.92 Å². The topological polar surface area (TPSA) is 96.2 Å². The van der Waals surface area contributed by atoms with Crippen molar-refractivity contribution in [2.75, 3.05) is 19.3 Å². The van der Waals surface area contributed by atoms with Gasteiger partial charge >= 0.3 is 5.69 Å².